The van der Waals surface area contributed by atoms with Crippen LogP contribution in [0.3, 0.4) is 0 Å². The molecule has 0 aromatic heterocycles. The van der Waals surface area contributed by atoms with Gasteiger partial charge in [-0.1, -0.05) is 13.3 Å². The summed E-state index contributed by atoms with van der Waals surface area (Å²) >= 11 is 7.28. The summed E-state index contributed by atoms with van der Waals surface area (Å²) in [5.41, 5.74) is -1.06. The fourth-order valence-corrected chi connectivity index (χ4v) is 5.76. The van der Waals surface area contributed by atoms with E-state index < -0.39 is 61.0 Å². The summed E-state index contributed by atoms with van der Waals surface area (Å²) in [5.74, 6) is -0.370. The molecule has 0 saturated carbocycles. The highest BCUT2D eigenvalue weighted by atomic mass is 35.5. The van der Waals surface area contributed by atoms with Crippen molar-refractivity contribution in [3.63, 3.8) is 0 Å². The van der Waals surface area contributed by atoms with E-state index in [1.165, 1.54) is 5.01 Å². The lowest BCUT2D eigenvalue weighted by Crippen LogP contribution is -2.65. The predicted molar refractivity (Wildman–Crippen MR) is 118 cm³/mol. The number of rotatable bonds is 10. The van der Waals surface area contributed by atoms with Crippen LogP contribution in [-0.2, 0) is 18.6 Å². The molecule has 0 radical (unpaired) electrons. The Morgan fingerprint density at radius 2 is 2.06 bits per heavy atom. The molecular weight excluding hydrogens is 489 g/mol. The molecule has 1 amide bonds. The predicted octanol–water partition coefficient (Wildman–Crippen LogP) is 0.558. The van der Waals surface area contributed by atoms with Crippen LogP contribution in [0.5, 0.6) is 0 Å². The minimum atomic E-state index is -4.98. The second-order valence-electron chi connectivity index (χ2n) is 8.07. The lowest BCUT2D eigenvalue weighted by atomic mass is 9.92. The molecule has 0 bridgehead atoms. The Morgan fingerprint density at radius 1 is 1.41 bits per heavy atom. The maximum absolute atomic E-state index is 13.0. The summed E-state index contributed by atoms with van der Waals surface area (Å²) in [4.78, 5) is 42.4. The molecule has 2 saturated heterocycles. The second kappa shape index (κ2) is 11.8. The van der Waals surface area contributed by atoms with Crippen molar-refractivity contribution in [2.45, 2.75) is 80.4 Å². The second-order valence-corrected chi connectivity index (χ2v) is 10.9. The van der Waals surface area contributed by atoms with Crippen molar-refractivity contribution >= 4 is 37.1 Å². The number of hydrogen-bond donors (Lipinski definition) is 5. The Bertz CT molecular complexity index is 700. The molecular formula is C17H31ClN3O9PS. The van der Waals surface area contributed by atoms with E-state index in [0.29, 0.717) is 13.0 Å². The van der Waals surface area contributed by atoms with E-state index in [2.05, 4.69) is 15.1 Å². The SMILES string of the molecule is CCC[C@@H]1C[C@@H](C(=O)N[C@@H](C2O[C@H](SC)[C@H](OP(=O)(O)O)[C@@H](O)[C@H]2O)[C@H](C)Cl)N(N=O)C1. The highest BCUT2D eigenvalue weighted by molar-refractivity contribution is 7.99. The highest BCUT2D eigenvalue weighted by Gasteiger charge is 2.51. The summed E-state index contributed by atoms with van der Waals surface area (Å²) < 4.78 is 21.6. The zero-order valence-corrected chi connectivity index (χ0v) is 20.4. The maximum Gasteiger partial charge on any atom is 0.470 e. The number of thioether (sulfide) groups is 1. The number of nitrogens with one attached hydrogen (secondary N) is 1. The number of phosphoric ester groups is 1. The number of nitrogens with zero attached hydrogens (tertiary/aromatic N) is 2. The summed E-state index contributed by atoms with van der Waals surface area (Å²) in [6.07, 6.45) is -2.35. The van der Waals surface area contributed by atoms with Gasteiger partial charge < -0.3 is 30.1 Å². The van der Waals surface area contributed by atoms with E-state index in [-0.39, 0.29) is 5.92 Å². The van der Waals surface area contributed by atoms with Gasteiger partial charge in [0.2, 0.25) is 5.91 Å². The first-order chi connectivity index (χ1) is 14.9. The van der Waals surface area contributed by atoms with Crippen LogP contribution in [0.4, 0.5) is 0 Å². The molecule has 0 aromatic rings. The lowest BCUT2D eigenvalue weighted by Gasteiger charge is -2.45. The summed E-state index contributed by atoms with van der Waals surface area (Å²) in [6, 6.07) is -1.78. The molecule has 12 nitrogen and oxygen atoms in total. The standard InChI is InChI=1S/C17H31ClN3O9PS/c1-4-5-9-6-10(21(7-9)20-25)16(24)19-11(8(2)18)14-12(22)13(23)15(17(29-14)32-3)30-31(26,27)28/h8-15,17,22-23H,4-7H2,1-3H3,(H,19,24)(H2,26,27,28)/t8-,9+,10-,11+,12+,13-,14?,15+,17+/m0/s1. The number of amides is 1. The van der Waals surface area contributed by atoms with Crippen LogP contribution in [0.25, 0.3) is 0 Å². The van der Waals surface area contributed by atoms with Crippen LogP contribution in [0.15, 0.2) is 5.29 Å². The number of aliphatic hydroxyl groups is 2. The van der Waals surface area contributed by atoms with Crippen LogP contribution in [0.2, 0.25) is 0 Å². The van der Waals surface area contributed by atoms with Gasteiger partial charge in [0.05, 0.1) is 16.7 Å². The van der Waals surface area contributed by atoms with E-state index in [1.807, 2.05) is 6.92 Å². The third kappa shape index (κ3) is 6.77. The molecule has 2 aliphatic rings. The molecule has 15 heteroatoms. The van der Waals surface area contributed by atoms with Gasteiger partial charge in [0, 0.05) is 6.54 Å². The fourth-order valence-electron chi connectivity index (χ4n) is 4.19. The number of halogens is 1. The molecule has 0 aromatic carbocycles. The van der Waals surface area contributed by atoms with Crippen LogP contribution < -0.4 is 5.32 Å². The Hall–Kier alpha value is -0.500. The Labute approximate surface area is 195 Å². The van der Waals surface area contributed by atoms with Crippen molar-refractivity contribution in [3.8, 4) is 0 Å². The van der Waals surface area contributed by atoms with Crippen LogP contribution in [0, 0.1) is 10.8 Å². The van der Waals surface area contributed by atoms with Gasteiger partial charge in [-0.05, 0) is 31.9 Å². The zero-order valence-electron chi connectivity index (χ0n) is 18.0. The molecule has 2 heterocycles. The van der Waals surface area contributed by atoms with Crippen molar-refractivity contribution in [2.75, 3.05) is 12.8 Å². The molecule has 2 rings (SSSR count). The van der Waals surface area contributed by atoms with E-state index in [0.717, 1.165) is 24.6 Å². The van der Waals surface area contributed by atoms with Gasteiger partial charge in [0.25, 0.3) is 0 Å². The van der Waals surface area contributed by atoms with Crippen LogP contribution in [0.1, 0.15) is 33.1 Å². The normalized spacial score (nSPS) is 35.4. The van der Waals surface area contributed by atoms with E-state index >= 15 is 0 Å². The van der Waals surface area contributed by atoms with Crippen molar-refractivity contribution in [3.05, 3.63) is 4.91 Å². The summed E-state index contributed by atoms with van der Waals surface area (Å²) in [7, 11) is -4.98. The molecule has 32 heavy (non-hydrogen) atoms. The number of aliphatic hydroxyl groups excluding tert-OH is 2. The zero-order chi connectivity index (χ0) is 24.2. The Kier molecular flexibility index (Phi) is 10.2. The monoisotopic (exact) mass is 519 g/mol. The third-order valence-electron chi connectivity index (χ3n) is 5.70. The largest absolute Gasteiger partial charge is 0.470 e. The van der Waals surface area contributed by atoms with Gasteiger partial charge >= 0.3 is 7.82 Å². The number of nitroso groups, excluding NO2 is 1. The van der Waals surface area contributed by atoms with Crippen molar-refractivity contribution < 1.29 is 38.6 Å². The first kappa shape index (κ1) is 27.7. The number of carbonyl (C=O) groups is 1. The minimum absolute atomic E-state index is 0.144. The topological polar surface area (TPSA) is 178 Å². The summed E-state index contributed by atoms with van der Waals surface area (Å²) in [5, 5.41) is 27.2. The summed E-state index contributed by atoms with van der Waals surface area (Å²) in [6.45, 7) is 3.94. The number of hydrogen-bond acceptors (Lipinski definition) is 9. The number of alkyl halides is 1. The minimum Gasteiger partial charge on any atom is -0.388 e. The van der Waals surface area contributed by atoms with E-state index in [9.17, 15) is 24.5 Å². The van der Waals surface area contributed by atoms with Gasteiger partial charge in [-0.25, -0.2) is 9.57 Å². The average molecular weight is 520 g/mol. The van der Waals surface area contributed by atoms with E-state index in [1.54, 1.807) is 13.2 Å². The lowest BCUT2D eigenvalue weighted by molar-refractivity contribution is -0.201. The molecule has 0 spiro atoms. The van der Waals surface area contributed by atoms with Gasteiger partial charge in [-0.15, -0.1) is 28.3 Å². The number of phosphoric acid groups is 1. The van der Waals surface area contributed by atoms with E-state index in [4.69, 9.17) is 26.1 Å². The van der Waals surface area contributed by atoms with Gasteiger partial charge in [0.1, 0.15) is 35.9 Å². The van der Waals surface area contributed by atoms with Crippen molar-refractivity contribution in [1.82, 2.24) is 10.3 Å². The third-order valence-corrected chi connectivity index (χ3v) is 7.33. The molecule has 5 N–H and O–H groups in total. The first-order valence-corrected chi connectivity index (χ1v) is 13.5. The van der Waals surface area contributed by atoms with Gasteiger partial charge in [-0.2, -0.15) is 0 Å². The quantitative estimate of drug-likeness (QED) is 0.155. The van der Waals surface area contributed by atoms with Crippen LogP contribution >= 0.6 is 31.2 Å². The molecule has 186 valence electrons. The Balaban J connectivity index is 2.18. The fraction of sp³-hybridized carbons (Fsp3) is 0.941. The number of ether oxygens (including phenoxy) is 1. The molecule has 0 aliphatic carbocycles. The highest BCUT2D eigenvalue weighted by Crippen LogP contribution is 2.43. The average Bonchev–Trinajstić information content (AvgIpc) is 3.12. The van der Waals surface area contributed by atoms with Crippen LogP contribution in [-0.4, -0.2) is 91.0 Å². The smallest absolute Gasteiger partial charge is 0.388 e. The Morgan fingerprint density at radius 3 is 2.56 bits per heavy atom. The molecule has 1 unspecified atom stereocenters. The maximum atomic E-state index is 13.0. The molecule has 9 atom stereocenters. The van der Waals surface area contributed by atoms with Crippen molar-refractivity contribution in [2.24, 2.45) is 11.2 Å². The molecule has 2 aliphatic heterocycles. The first-order valence-electron chi connectivity index (χ1n) is 10.3. The number of carbonyl (C=O) groups excluding carboxylic acids is 1. The van der Waals surface area contributed by atoms with Crippen molar-refractivity contribution in [1.29, 1.82) is 0 Å². The van der Waals surface area contributed by atoms with Gasteiger partial charge in [0.15, 0.2) is 0 Å². The van der Waals surface area contributed by atoms with Gasteiger partial charge in [-0.3, -0.25) is 9.32 Å². The molecule has 2 fully saturated rings.